The molecule has 0 radical (unpaired) electrons. The third-order valence-corrected chi connectivity index (χ3v) is 4.81. The molecule has 1 heterocycles. The summed E-state index contributed by atoms with van der Waals surface area (Å²) < 4.78 is 5.29. The topological polar surface area (TPSA) is 59.0 Å². The largest absolute Gasteiger partial charge is 0.497 e. The Morgan fingerprint density at radius 1 is 1.29 bits per heavy atom. The average molecular weight is 291 g/mol. The molecule has 21 heavy (non-hydrogen) atoms. The summed E-state index contributed by atoms with van der Waals surface area (Å²) in [6.07, 6.45) is 2.52. The van der Waals surface area contributed by atoms with Crippen LogP contribution in [0.25, 0.3) is 0 Å². The van der Waals surface area contributed by atoms with Crippen molar-refractivity contribution < 1.29 is 19.5 Å². The minimum Gasteiger partial charge on any atom is -0.497 e. The van der Waals surface area contributed by atoms with Gasteiger partial charge in [0.15, 0.2) is 0 Å². The zero-order chi connectivity index (χ0) is 15.0. The number of hydrogen-bond acceptors (Lipinski definition) is 4. The average Bonchev–Trinajstić information content (AvgIpc) is 2.51. The molecule has 5 heteroatoms. The predicted molar refractivity (Wildman–Crippen MR) is 77.1 cm³/mol. The molecule has 1 saturated heterocycles. The van der Waals surface area contributed by atoms with Crippen LogP contribution < -0.4 is 4.74 Å². The van der Waals surface area contributed by atoms with E-state index < -0.39 is 5.97 Å². The SMILES string of the molecule is COc1ccc2c(c1)CC1CC(C(=O)O)CN(OC)C1C2. The van der Waals surface area contributed by atoms with Crippen molar-refractivity contribution in [1.29, 1.82) is 0 Å². The molecule has 1 N–H and O–H groups in total. The van der Waals surface area contributed by atoms with Crippen molar-refractivity contribution in [1.82, 2.24) is 5.06 Å². The zero-order valence-corrected chi connectivity index (χ0v) is 12.4. The smallest absolute Gasteiger partial charge is 0.307 e. The van der Waals surface area contributed by atoms with Crippen LogP contribution in [0, 0.1) is 11.8 Å². The number of carbonyl (C=O) groups is 1. The van der Waals surface area contributed by atoms with Gasteiger partial charge in [0.25, 0.3) is 0 Å². The highest BCUT2D eigenvalue weighted by molar-refractivity contribution is 5.70. The molecule has 114 valence electrons. The highest BCUT2D eigenvalue weighted by Gasteiger charge is 2.41. The molecule has 1 aromatic carbocycles. The number of hydrogen-bond donors (Lipinski definition) is 1. The van der Waals surface area contributed by atoms with E-state index in [1.165, 1.54) is 11.1 Å². The van der Waals surface area contributed by atoms with E-state index in [1.807, 2.05) is 11.1 Å². The quantitative estimate of drug-likeness (QED) is 0.919. The monoisotopic (exact) mass is 291 g/mol. The third-order valence-electron chi connectivity index (χ3n) is 4.81. The maximum atomic E-state index is 11.3. The van der Waals surface area contributed by atoms with Gasteiger partial charge in [-0.15, -0.1) is 0 Å². The van der Waals surface area contributed by atoms with Gasteiger partial charge in [-0.2, -0.15) is 5.06 Å². The molecule has 0 amide bonds. The first kappa shape index (κ1) is 14.4. The first-order chi connectivity index (χ1) is 10.1. The summed E-state index contributed by atoms with van der Waals surface area (Å²) in [4.78, 5) is 16.8. The van der Waals surface area contributed by atoms with E-state index in [9.17, 15) is 9.90 Å². The highest BCUT2D eigenvalue weighted by atomic mass is 16.7. The number of methoxy groups -OCH3 is 1. The Labute approximate surface area is 124 Å². The lowest BCUT2D eigenvalue weighted by Gasteiger charge is -2.45. The molecule has 0 aromatic heterocycles. The molecule has 2 aliphatic rings. The van der Waals surface area contributed by atoms with E-state index in [2.05, 4.69) is 12.1 Å². The van der Waals surface area contributed by atoms with Crippen molar-refractivity contribution in [3.8, 4) is 5.75 Å². The number of ether oxygens (including phenoxy) is 1. The van der Waals surface area contributed by atoms with Crippen LogP contribution in [-0.4, -0.2) is 42.9 Å². The van der Waals surface area contributed by atoms with Crippen LogP contribution in [0.15, 0.2) is 18.2 Å². The van der Waals surface area contributed by atoms with Gasteiger partial charge in [-0.1, -0.05) is 6.07 Å². The Bertz CT molecular complexity index is 545. The number of nitrogens with zero attached hydrogens (tertiary/aromatic N) is 1. The Hall–Kier alpha value is -1.59. The number of fused-ring (bicyclic) bond motifs is 2. The van der Waals surface area contributed by atoms with E-state index in [4.69, 9.17) is 9.57 Å². The number of hydroxylamine groups is 2. The van der Waals surface area contributed by atoms with Crippen LogP contribution in [0.2, 0.25) is 0 Å². The highest BCUT2D eigenvalue weighted by Crippen LogP contribution is 2.38. The van der Waals surface area contributed by atoms with Crippen LogP contribution in [-0.2, 0) is 22.5 Å². The van der Waals surface area contributed by atoms with Gasteiger partial charge in [-0.25, -0.2) is 0 Å². The van der Waals surface area contributed by atoms with Crippen LogP contribution >= 0.6 is 0 Å². The summed E-state index contributed by atoms with van der Waals surface area (Å²) in [6.45, 7) is 0.471. The molecular weight excluding hydrogens is 270 g/mol. The Morgan fingerprint density at radius 3 is 2.76 bits per heavy atom. The van der Waals surface area contributed by atoms with Crippen molar-refractivity contribution in [2.24, 2.45) is 11.8 Å². The molecule has 5 nitrogen and oxygen atoms in total. The van der Waals surface area contributed by atoms with E-state index in [-0.39, 0.29) is 12.0 Å². The van der Waals surface area contributed by atoms with Gasteiger partial charge < -0.3 is 14.7 Å². The summed E-state index contributed by atoms with van der Waals surface area (Å²) in [6, 6.07) is 6.44. The lowest BCUT2D eigenvalue weighted by Crippen LogP contribution is -2.52. The van der Waals surface area contributed by atoms with E-state index in [0.717, 1.165) is 25.0 Å². The van der Waals surface area contributed by atoms with Crippen molar-refractivity contribution >= 4 is 5.97 Å². The van der Waals surface area contributed by atoms with E-state index in [1.54, 1.807) is 14.2 Å². The van der Waals surface area contributed by atoms with Crippen molar-refractivity contribution in [2.45, 2.75) is 25.3 Å². The van der Waals surface area contributed by atoms with Crippen LogP contribution in [0.4, 0.5) is 0 Å². The predicted octanol–water partition coefficient (Wildman–Crippen LogP) is 1.75. The van der Waals surface area contributed by atoms with Gasteiger partial charge in [-0.3, -0.25) is 4.79 Å². The lowest BCUT2D eigenvalue weighted by molar-refractivity contribution is -0.206. The number of piperidine rings is 1. The first-order valence-electron chi connectivity index (χ1n) is 7.31. The van der Waals surface area contributed by atoms with Crippen molar-refractivity contribution in [3.63, 3.8) is 0 Å². The molecule has 1 aromatic rings. The maximum Gasteiger partial charge on any atom is 0.307 e. The number of carboxylic acid groups (broad SMARTS) is 1. The fourth-order valence-corrected chi connectivity index (χ4v) is 3.69. The Kier molecular flexibility index (Phi) is 3.87. The summed E-state index contributed by atoms with van der Waals surface area (Å²) in [7, 11) is 3.30. The normalized spacial score (nSPS) is 28.6. The third kappa shape index (κ3) is 2.63. The second-order valence-electron chi connectivity index (χ2n) is 5.92. The van der Waals surface area contributed by atoms with Gasteiger partial charge in [-0.05, 0) is 48.4 Å². The fraction of sp³-hybridized carbons (Fsp3) is 0.562. The summed E-state index contributed by atoms with van der Waals surface area (Å²) in [5.41, 5.74) is 2.59. The van der Waals surface area contributed by atoms with E-state index in [0.29, 0.717) is 12.5 Å². The Balaban J connectivity index is 1.88. The molecule has 1 aliphatic heterocycles. The standard InChI is InChI=1S/C16H21NO4/c1-20-14-4-3-10-8-15-12(5-11(10)7-14)6-13(16(18)19)9-17(15)21-2/h3-4,7,12-13,15H,5-6,8-9H2,1-2H3,(H,18,19). The molecule has 1 aliphatic carbocycles. The van der Waals surface area contributed by atoms with Crippen LogP contribution in [0.1, 0.15) is 17.5 Å². The molecule has 3 unspecified atom stereocenters. The van der Waals surface area contributed by atoms with Gasteiger partial charge >= 0.3 is 5.97 Å². The van der Waals surface area contributed by atoms with E-state index >= 15 is 0 Å². The second-order valence-corrected chi connectivity index (χ2v) is 5.92. The van der Waals surface area contributed by atoms with Crippen LogP contribution in [0.5, 0.6) is 5.75 Å². The van der Waals surface area contributed by atoms with Gasteiger partial charge in [0.1, 0.15) is 5.75 Å². The van der Waals surface area contributed by atoms with Gasteiger partial charge in [0.2, 0.25) is 0 Å². The first-order valence-corrected chi connectivity index (χ1v) is 7.31. The maximum absolute atomic E-state index is 11.3. The number of rotatable bonds is 3. The Morgan fingerprint density at radius 2 is 2.10 bits per heavy atom. The van der Waals surface area contributed by atoms with Crippen molar-refractivity contribution in [2.75, 3.05) is 20.8 Å². The lowest BCUT2D eigenvalue weighted by atomic mass is 9.73. The summed E-state index contributed by atoms with van der Waals surface area (Å²) >= 11 is 0. The minimum absolute atomic E-state index is 0.270. The molecule has 0 saturated carbocycles. The molecule has 1 fully saturated rings. The number of aliphatic carboxylic acids is 1. The van der Waals surface area contributed by atoms with Gasteiger partial charge in [0, 0.05) is 12.6 Å². The number of carboxylic acids is 1. The fourth-order valence-electron chi connectivity index (χ4n) is 3.69. The molecular formula is C16H21NO4. The summed E-state index contributed by atoms with van der Waals surface area (Å²) in [5.74, 6) is 0.103. The van der Waals surface area contributed by atoms with Gasteiger partial charge in [0.05, 0.1) is 20.1 Å². The zero-order valence-electron chi connectivity index (χ0n) is 12.4. The van der Waals surface area contributed by atoms with Crippen molar-refractivity contribution in [3.05, 3.63) is 29.3 Å². The second kappa shape index (κ2) is 5.66. The number of benzene rings is 1. The van der Waals surface area contributed by atoms with Crippen LogP contribution in [0.3, 0.4) is 0 Å². The molecule has 0 bridgehead atoms. The molecule has 3 atom stereocenters. The summed E-state index contributed by atoms with van der Waals surface area (Å²) in [5, 5.41) is 11.2. The molecule has 3 rings (SSSR count). The minimum atomic E-state index is -0.730. The molecule has 0 spiro atoms.